The third kappa shape index (κ3) is 6.30. The lowest BCUT2D eigenvalue weighted by molar-refractivity contribution is -0.118. The summed E-state index contributed by atoms with van der Waals surface area (Å²) in [5, 5.41) is 6.36. The first-order chi connectivity index (χ1) is 14.2. The minimum absolute atomic E-state index is 0.0367. The molecule has 148 valence electrons. The van der Waals surface area contributed by atoms with E-state index in [4.69, 9.17) is 0 Å². The maximum Gasteiger partial charge on any atom is 0.249 e. The van der Waals surface area contributed by atoms with Crippen LogP contribution < -0.4 is 10.6 Å². The molecule has 0 aliphatic rings. The van der Waals surface area contributed by atoms with E-state index in [9.17, 15) is 9.59 Å². The van der Waals surface area contributed by atoms with E-state index in [-0.39, 0.29) is 17.6 Å². The second-order valence-corrected chi connectivity index (χ2v) is 8.22. The summed E-state index contributed by atoms with van der Waals surface area (Å²) < 4.78 is 0.734. The molecule has 0 aliphatic carbocycles. The first kappa shape index (κ1) is 20.8. The van der Waals surface area contributed by atoms with Crippen LogP contribution >= 0.6 is 23.1 Å². The topological polar surface area (TPSA) is 71.1 Å². The van der Waals surface area contributed by atoms with Crippen LogP contribution in [0.4, 0.5) is 5.00 Å². The molecule has 0 atom stereocenters. The number of nitrogens with one attached hydrogen (secondary N) is 2. The number of hydrogen-bond acceptors (Lipinski definition) is 5. The Hall–Kier alpha value is -2.90. The minimum Gasteiger partial charge on any atom is -0.356 e. The van der Waals surface area contributed by atoms with Crippen molar-refractivity contribution in [2.75, 3.05) is 17.6 Å². The average Bonchev–Trinajstić information content (AvgIpc) is 3.15. The Balaban J connectivity index is 1.77. The smallest absolute Gasteiger partial charge is 0.249 e. The van der Waals surface area contributed by atoms with Gasteiger partial charge < -0.3 is 10.6 Å². The maximum atomic E-state index is 12.4. The lowest BCUT2D eigenvalue weighted by Gasteiger charge is -2.02. The Bertz CT molecular complexity index is 986. The van der Waals surface area contributed by atoms with Crippen molar-refractivity contribution in [3.8, 4) is 11.3 Å². The summed E-state index contributed by atoms with van der Waals surface area (Å²) in [6.07, 6.45) is 3.27. The third-order valence-electron chi connectivity index (χ3n) is 3.82. The fourth-order valence-electron chi connectivity index (χ4n) is 2.50. The zero-order chi connectivity index (χ0) is 20.5. The molecule has 0 saturated heterocycles. The summed E-state index contributed by atoms with van der Waals surface area (Å²) in [7, 11) is 0. The van der Waals surface area contributed by atoms with E-state index in [1.165, 1.54) is 29.2 Å². The summed E-state index contributed by atoms with van der Waals surface area (Å²) in [5.74, 6) is 0.0250. The number of benzene rings is 2. The first-order valence-electron chi connectivity index (χ1n) is 9.15. The van der Waals surface area contributed by atoms with Gasteiger partial charge in [0, 0.05) is 18.2 Å². The summed E-state index contributed by atoms with van der Waals surface area (Å²) >= 11 is 2.73. The van der Waals surface area contributed by atoms with Crippen LogP contribution in [0.5, 0.6) is 0 Å². The van der Waals surface area contributed by atoms with E-state index in [2.05, 4.69) is 15.6 Å². The van der Waals surface area contributed by atoms with Crippen molar-refractivity contribution in [2.24, 2.45) is 0 Å². The molecule has 2 N–H and O–H groups in total. The number of amides is 2. The average molecular weight is 424 g/mol. The summed E-state index contributed by atoms with van der Waals surface area (Å²) in [4.78, 5) is 28.8. The van der Waals surface area contributed by atoms with Gasteiger partial charge in [-0.2, -0.15) is 0 Å². The molecule has 0 radical (unpaired) electrons. The maximum absolute atomic E-state index is 12.4. The highest BCUT2D eigenvalue weighted by Gasteiger charge is 2.16. The number of hydrogen-bond donors (Lipinski definition) is 2. The van der Waals surface area contributed by atoms with Crippen molar-refractivity contribution in [3.63, 3.8) is 0 Å². The summed E-state index contributed by atoms with van der Waals surface area (Å²) in [6, 6.07) is 19.3. The van der Waals surface area contributed by atoms with Crippen molar-refractivity contribution in [1.29, 1.82) is 0 Å². The van der Waals surface area contributed by atoms with Gasteiger partial charge >= 0.3 is 0 Å². The van der Waals surface area contributed by atoms with E-state index in [0.29, 0.717) is 17.2 Å². The quantitative estimate of drug-likeness (QED) is 0.407. The van der Waals surface area contributed by atoms with Crippen LogP contribution in [0.2, 0.25) is 0 Å². The van der Waals surface area contributed by atoms with Gasteiger partial charge in [-0.3, -0.25) is 9.59 Å². The standard InChI is InChI=1S/C22H21N3O2S2/c1-2-23-19(27)15-28-22-25-20(17-11-7-4-8-12-17)21(29-22)24-18(26)14-13-16-9-5-3-6-10-16/h3-14H,2,15H2,1H3,(H,23,27)(H,24,26). The van der Waals surface area contributed by atoms with Crippen LogP contribution in [0, 0.1) is 0 Å². The van der Waals surface area contributed by atoms with Gasteiger partial charge in [0.1, 0.15) is 10.7 Å². The SMILES string of the molecule is CCNC(=O)CSc1nc(-c2ccccc2)c(NC(=O)C=Cc2ccccc2)s1. The molecule has 0 saturated carbocycles. The van der Waals surface area contributed by atoms with Crippen molar-refractivity contribution in [1.82, 2.24) is 10.3 Å². The van der Waals surface area contributed by atoms with Gasteiger partial charge in [0.05, 0.1) is 5.75 Å². The van der Waals surface area contributed by atoms with Gasteiger partial charge in [0.25, 0.3) is 0 Å². The molecule has 3 aromatic rings. The number of carbonyl (C=O) groups is 2. The molecule has 1 heterocycles. The van der Waals surface area contributed by atoms with Crippen molar-refractivity contribution in [2.45, 2.75) is 11.3 Å². The molecular formula is C22H21N3O2S2. The molecular weight excluding hydrogens is 402 g/mol. The monoisotopic (exact) mass is 423 g/mol. The Labute approximate surface area is 178 Å². The Morgan fingerprint density at radius 1 is 1.07 bits per heavy atom. The molecule has 7 heteroatoms. The second kappa shape index (κ2) is 10.6. The van der Waals surface area contributed by atoms with E-state index >= 15 is 0 Å². The third-order valence-corrected chi connectivity index (χ3v) is 5.93. The number of nitrogens with zero attached hydrogens (tertiary/aromatic N) is 1. The first-order valence-corrected chi connectivity index (χ1v) is 11.0. The largest absolute Gasteiger partial charge is 0.356 e. The molecule has 3 rings (SSSR count). The predicted molar refractivity (Wildman–Crippen MR) is 121 cm³/mol. The molecule has 5 nitrogen and oxygen atoms in total. The highest BCUT2D eigenvalue weighted by molar-refractivity contribution is 8.01. The minimum atomic E-state index is -0.227. The number of anilines is 1. The molecule has 29 heavy (non-hydrogen) atoms. The molecule has 0 fully saturated rings. The molecule has 0 spiro atoms. The van der Waals surface area contributed by atoms with Crippen molar-refractivity contribution in [3.05, 3.63) is 72.3 Å². The second-order valence-electron chi connectivity index (χ2n) is 6.00. The molecule has 0 aliphatic heterocycles. The van der Waals surface area contributed by atoms with Crippen LogP contribution in [-0.2, 0) is 9.59 Å². The number of thioether (sulfide) groups is 1. The number of aromatic nitrogens is 1. The molecule has 0 unspecified atom stereocenters. The lowest BCUT2D eigenvalue weighted by Crippen LogP contribution is -2.24. The summed E-state index contributed by atoms with van der Waals surface area (Å²) in [6.45, 7) is 2.48. The van der Waals surface area contributed by atoms with Crippen LogP contribution in [0.25, 0.3) is 17.3 Å². The highest BCUT2D eigenvalue weighted by atomic mass is 32.2. The van der Waals surface area contributed by atoms with Gasteiger partial charge in [-0.05, 0) is 18.6 Å². The van der Waals surface area contributed by atoms with E-state index < -0.39 is 0 Å². The predicted octanol–water partition coefficient (Wildman–Crippen LogP) is 4.69. The number of thiazole rings is 1. The molecule has 2 aromatic carbocycles. The van der Waals surface area contributed by atoms with Crippen LogP contribution in [0.3, 0.4) is 0 Å². The van der Waals surface area contributed by atoms with Crippen LogP contribution in [0.15, 0.2) is 71.1 Å². The fraction of sp³-hybridized carbons (Fsp3) is 0.136. The molecule has 1 aromatic heterocycles. The van der Waals surface area contributed by atoms with Crippen LogP contribution in [-0.4, -0.2) is 29.1 Å². The highest BCUT2D eigenvalue weighted by Crippen LogP contribution is 2.37. The van der Waals surface area contributed by atoms with Gasteiger partial charge in [0.15, 0.2) is 4.34 Å². The Morgan fingerprint density at radius 2 is 1.76 bits per heavy atom. The van der Waals surface area contributed by atoms with Gasteiger partial charge in [-0.1, -0.05) is 83.8 Å². The molecule has 2 amide bonds. The number of rotatable bonds is 8. The van der Waals surface area contributed by atoms with Gasteiger partial charge in [-0.15, -0.1) is 0 Å². The number of carbonyl (C=O) groups excluding carboxylic acids is 2. The van der Waals surface area contributed by atoms with Crippen molar-refractivity contribution < 1.29 is 9.59 Å². The Morgan fingerprint density at radius 3 is 2.45 bits per heavy atom. The van der Waals surface area contributed by atoms with Gasteiger partial charge in [0.2, 0.25) is 11.8 Å². The van der Waals surface area contributed by atoms with Gasteiger partial charge in [-0.25, -0.2) is 4.98 Å². The zero-order valence-corrected chi connectivity index (χ0v) is 17.6. The Kier molecular flexibility index (Phi) is 7.61. The lowest BCUT2D eigenvalue weighted by atomic mass is 10.1. The van der Waals surface area contributed by atoms with E-state index in [1.54, 1.807) is 6.08 Å². The summed E-state index contributed by atoms with van der Waals surface area (Å²) in [5.41, 5.74) is 2.57. The normalized spacial score (nSPS) is 10.8. The van der Waals surface area contributed by atoms with E-state index in [0.717, 1.165) is 15.5 Å². The zero-order valence-electron chi connectivity index (χ0n) is 15.9. The fourth-order valence-corrected chi connectivity index (χ4v) is 4.40. The van der Waals surface area contributed by atoms with E-state index in [1.807, 2.05) is 67.6 Å². The molecule has 0 bridgehead atoms. The van der Waals surface area contributed by atoms with Crippen LogP contribution in [0.1, 0.15) is 12.5 Å². The van der Waals surface area contributed by atoms with Crippen molar-refractivity contribution >= 4 is 46.0 Å².